The molecule has 0 spiro atoms. The number of aromatic hydroxyl groups is 1. The summed E-state index contributed by atoms with van der Waals surface area (Å²) in [5.41, 5.74) is 7.38. The van der Waals surface area contributed by atoms with Gasteiger partial charge < -0.3 is 16.2 Å². The van der Waals surface area contributed by atoms with E-state index >= 15 is 0 Å². The van der Waals surface area contributed by atoms with Gasteiger partial charge in [0.2, 0.25) is 18.4 Å². The molecule has 1 aromatic carbocycles. The van der Waals surface area contributed by atoms with Crippen LogP contribution < -0.4 is 15.6 Å². The number of carbonyl (C=O) groups excluding carboxylic acids is 1. The molecule has 0 saturated heterocycles. The van der Waals surface area contributed by atoms with Gasteiger partial charge in [0.15, 0.2) is 6.20 Å². The molecule has 2 aromatic heterocycles. The minimum Gasteiger partial charge on any atom is -0.507 e. The molecule has 1 saturated carbocycles. The predicted octanol–water partition coefficient (Wildman–Crippen LogP) is 2.22. The molecule has 0 unspecified atom stereocenters. The van der Waals surface area contributed by atoms with E-state index in [0.717, 1.165) is 18.7 Å². The Morgan fingerprint density at radius 2 is 2.07 bits per heavy atom. The fraction of sp³-hybridized carbons (Fsp3) is 0.350. The molecule has 0 atom stereocenters. The number of para-hydroxylation sites is 1. The third-order valence-electron chi connectivity index (χ3n) is 5.07. The number of imidazole rings is 1. The summed E-state index contributed by atoms with van der Waals surface area (Å²) < 4.78 is 3.68. The fourth-order valence-electron chi connectivity index (χ4n) is 3.75. The van der Waals surface area contributed by atoms with Gasteiger partial charge in [-0.2, -0.15) is 4.57 Å². The van der Waals surface area contributed by atoms with Gasteiger partial charge in [0.1, 0.15) is 17.3 Å². The lowest BCUT2D eigenvalue weighted by atomic mass is 9.95. The van der Waals surface area contributed by atoms with Gasteiger partial charge >= 0.3 is 0 Å². The summed E-state index contributed by atoms with van der Waals surface area (Å²) >= 11 is 0. The Kier molecular flexibility index (Phi) is 4.66. The molecule has 1 aliphatic rings. The molecule has 140 valence electrons. The highest BCUT2D eigenvalue weighted by Gasteiger charge is 2.22. The molecule has 1 amide bonds. The number of benzene rings is 1. The third kappa shape index (κ3) is 3.58. The lowest BCUT2D eigenvalue weighted by molar-refractivity contribution is -0.683. The third-order valence-corrected chi connectivity index (χ3v) is 5.07. The number of phenols is 1. The number of rotatable bonds is 5. The highest BCUT2D eigenvalue weighted by molar-refractivity contribution is 5.80. The maximum Gasteiger partial charge on any atom is 0.283 e. The van der Waals surface area contributed by atoms with Crippen LogP contribution in [0.2, 0.25) is 0 Å². The Bertz CT molecular complexity index is 976. The number of phenolic OH excluding ortho intramolecular Hbond substituents is 1. The van der Waals surface area contributed by atoms with Crippen molar-refractivity contribution >= 4 is 17.4 Å². The van der Waals surface area contributed by atoms with Crippen molar-refractivity contribution in [2.45, 2.75) is 44.7 Å². The molecular weight excluding hydrogens is 342 g/mol. The van der Waals surface area contributed by atoms with Crippen LogP contribution in [0, 0.1) is 0 Å². The molecule has 0 bridgehead atoms. The minimum atomic E-state index is -0.405. The standard InChI is InChI=1S/C20H23N5O2/c21-17(27)12-24-10-11-25-18(13-24)23-19(15-8-4-5-9-16(15)26)20(25)22-14-6-2-1-3-7-14/h4-5,8-11,13-14H,1-3,6-7,12H2,(H3,21,23,26,27)/p+1. The van der Waals surface area contributed by atoms with Crippen LogP contribution in [0.4, 0.5) is 5.82 Å². The van der Waals surface area contributed by atoms with Crippen molar-refractivity contribution in [2.24, 2.45) is 5.73 Å². The first-order valence-corrected chi connectivity index (χ1v) is 9.36. The highest BCUT2D eigenvalue weighted by Crippen LogP contribution is 2.35. The van der Waals surface area contributed by atoms with E-state index in [2.05, 4.69) is 5.32 Å². The van der Waals surface area contributed by atoms with Crippen molar-refractivity contribution in [1.82, 2.24) is 9.38 Å². The normalized spacial score (nSPS) is 15.1. The Labute approximate surface area is 157 Å². The SMILES string of the molecule is NC(=O)C[n+]1ccn2c(NC3CCCCC3)c(-c3ccccc3O)nc2c1. The van der Waals surface area contributed by atoms with Crippen LogP contribution >= 0.6 is 0 Å². The maximum absolute atomic E-state index is 11.2. The number of fused-ring (bicyclic) bond motifs is 1. The van der Waals surface area contributed by atoms with Crippen molar-refractivity contribution in [3.8, 4) is 17.0 Å². The molecule has 0 radical (unpaired) electrons. The zero-order valence-corrected chi connectivity index (χ0v) is 15.1. The second kappa shape index (κ2) is 7.26. The number of amides is 1. The molecule has 4 rings (SSSR count). The van der Waals surface area contributed by atoms with Gasteiger partial charge in [0.25, 0.3) is 5.91 Å². The topological polar surface area (TPSA) is 96.5 Å². The van der Waals surface area contributed by atoms with E-state index in [1.807, 2.05) is 22.7 Å². The van der Waals surface area contributed by atoms with E-state index in [9.17, 15) is 9.90 Å². The summed E-state index contributed by atoms with van der Waals surface area (Å²) in [5, 5.41) is 14.0. The van der Waals surface area contributed by atoms with Crippen LogP contribution in [0.1, 0.15) is 32.1 Å². The Morgan fingerprint density at radius 3 is 2.81 bits per heavy atom. The number of nitrogens with one attached hydrogen (secondary N) is 1. The molecule has 7 heteroatoms. The highest BCUT2D eigenvalue weighted by atomic mass is 16.3. The predicted molar refractivity (Wildman–Crippen MR) is 102 cm³/mol. The lowest BCUT2D eigenvalue weighted by Gasteiger charge is -2.24. The van der Waals surface area contributed by atoms with Gasteiger partial charge in [-0.25, -0.2) is 4.98 Å². The van der Waals surface area contributed by atoms with E-state index in [1.165, 1.54) is 19.3 Å². The zero-order chi connectivity index (χ0) is 18.8. The van der Waals surface area contributed by atoms with Crippen molar-refractivity contribution < 1.29 is 14.5 Å². The molecule has 7 nitrogen and oxygen atoms in total. The second-order valence-corrected chi connectivity index (χ2v) is 7.10. The van der Waals surface area contributed by atoms with Gasteiger partial charge in [-0.3, -0.25) is 9.20 Å². The smallest absolute Gasteiger partial charge is 0.283 e. The van der Waals surface area contributed by atoms with Gasteiger partial charge in [0, 0.05) is 11.6 Å². The average molecular weight is 366 g/mol. The Balaban J connectivity index is 1.81. The molecule has 2 heterocycles. The summed E-state index contributed by atoms with van der Waals surface area (Å²) in [7, 11) is 0. The molecule has 4 N–H and O–H groups in total. The van der Waals surface area contributed by atoms with Gasteiger partial charge in [-0.15, -0.1) is 0 Å². The first-order chi connectivity index (χ1) is 13.1. The summed E-state index contributed by atoms with van der Waals surface area (Å²) in [6.45, 7) is 0.0979. The first kappa shape index (κ1) is 17.3. The van der Waals surface area contributed by atoms with Crippen molar-refractivity contribution in [3.05, 3.63) is 42.9 Å². The van der Waals surface area contributed by atoms with E-state index in [1.54, 1.807) is 29.1 Å². The molecule has 1 aliphatic carbocycles. The Morgan fingerprint density at radius 1 is 1.30 bits per heavy atom. The second-order valence-electron chi connectivity index (χ2n) is 7.10. The number of aromatic nitrogens is 3. The Hall–Kier alpha value is -3.09. The van der Waals surface area contributed by atoms with Crippen LogP contribution in [-0.2, 0) is 11.3 Å². The van der Waals surface area contributed by atoms with Crippen molar-refractivity contribution in [2.75, 3.05) is 5.32 Å². The van der Waals surface area contributed by atoms with Crippen LogP contribution in [0.15, 0.2) is 42.9 Å². The zero-order valence-electron chi connectivity index (χ0n) is 15.1. The summed E-state index contributed by atoms with van der Waals surface area (Å²) in [4.78, 5) is 16.0. The number of carbonyl (C=O) groups is 1. The number of primary amides is 1. The van der Waals surface area contributed by atoms with Crippen LogP contribution in [0.3, 0.4) is 0 Å². The van der Waals surface area contributed by atoms with Crippen molar-refractivity contribution in [1.29, 1.82) is 0 Å². The number of nitrogens with two attached hydrogens (primary N) is 1. The molecular formula is C20H24N5O2+. The summed E-state index contributed by atoms with van der Waals surface area (Å²) in [5.74, 6) is 0.652. The summed E-state index contributed by atoms with van der Waals surface area (Å²) in [6.07, 6.45) is 11.5. The van der Waals surface area contributed by atoms with Crippen LogP contribution in [0.5, 0.6) is 5.75 Å². The van der Waals surface area contributed by atoms with Gasteiger partial charge in [-0.05, 0) is 25.0 Å². The van der Waals surface area contributed by atoms with E-state index < -0.39 is 5.91 Å². The number of hydrogen-bond acceptors (Lipinski definition) is 4. The molecule has 1 fully saturated rings. The molecule has 3 aromatic rings. The minimum absolute atomic E-state index is 0.0979. The van der Waals surface area contributed by atoms with Crippen LogP contribution in [0.25, 0.3) is 16.9 Å². The van der Waals surface area contributed by atoms with Crippen LogP contribution in [-0.4, -0.2) is 26.4 Å². The first-order valence-electron chi connectivity index (χ1n) is 9.36. The van der Waals surface area contributed by atoms with Gasteiger partial charge in [-0.1, -0.05) is 31.4 Å². The van der Waals surface area contributed by atoms with E-state index in [-0.39, 0.29) is 12.3 Å². The maximum atomic E-state index is 11.2. The van der Waals surface area contributed by atoms with E-state index in [0.29, 0.717) is 22.9 Å². The quantitative estimate of drug-likeness (QED) is 0.603. The van der Waals surface area contributed by atoms with E-state index in [4.69, 9.17) is 10.7 Å². The molecule has 0 aliphatic heterocycles. The largest absolute Gasteiger partial charge is 0.507 e. The molecule has 27 heavy (non-hydrogen) atoms. The average Bonchev–Trinajstić information content (AvgIpc) is 3.00. The van der Waals surface area contributed by atoms with Crippen molar-refractivity contribution in [3.63, 3.8) is 0 Å². The van der Waals surface area contributed by atoms with Gasteiger partial charge in [0.05, 0.1) is 6.20 Å². The lowest BCUT2D eigenvalue weighted by Crippen LogP contribution is -2.40. The monoisotopic (exact) mass is 366 g/mol. The summed E-state index contributed by atoms with van der Waals surface area (Å²) in [6, 6.07) is 7.60. The fourth-order valence-corrected chi connectivity index (χ4v) is 3.75. The number of anilines is 1. The number of hydrogen-bond donors (Lipinski definition) is 3. The number of nitrogens with zero attached hydrogens (tertiary/aromatic N) is 3.